The van der Waals surface area contributed by atoms with Crippen molar-refractivity contribution in [2.75, 3.05) is 7.11 Å². The number of hydrogen-bond acceptors (Lipinski definition) is 3. The van der Waals surface area contributed by atoms with Gasteiger partial charge in [-0.05, 0) is 6.92 Å². The highest BCUT2D eigenvalue weighted by atomic mass is 16.7. The highest BCUT2D eigenvalue weighted by molar-refractivity contribution is 4.73. The van der Waals surface area contributed by atoms with E-state index in [1.165, 1.54) is 11.2 Å². The Morgan fingerprint density at radius 2 is 2.50 bits per heavy atom. The van der Waals surface area contributed by atoms with Crippen LogP contribution in [-0.2, 0) is 0 Å². The lowest BCUT2D eigenvalue weighted by Gasteiger charge is -1.95. The zero-order chi connectivity index (χ0) is 5.98. The summed E-state index contributed by atoms with van der Waals surface area (Å²) in [6.45, 7) is 1.82. The van der Waals surface area contributed by atoms with Crippen LogP contribution >= 0.6 is 0 Å². The molecule has 8 heavy (non-hydrogen) atoms. The Morgan fingerprint density at radius 3 is 2.75 bits per heavy atom. The van der Waals surface area contributed by atoms with E-state index in [4.69, 9.17) is 4.84 Å². The molecule has 0 N–H and O–H groups in total. The van der Waals surface area contributed by atoms with Crippen molar-refractivity contribution in [2.24, 2.45) is 0 Å². The second-order valence-electron chi connectivity index (χ2n) is 1.36. The third-order valence-electron chi connectivity index (χ3n) is 0.851. The van der Waals surface area contributed by atoms with Crippen LogP contribution in [0.2, 0.25) is 0 Å². The molecule has 0 aliphatic carbocycles. The van der Waals surface area contributed by atoms with Crippen molar-refractivity contribution >= 4 is 0 Å². The summed E-state index contributed by atoms with van der Waals surface area (Å²) < 4.78 is 0. The number of hydrogen-bond donors (Lipinski definition) is 0. The molecule has 0 spiro atoms. The largest absolute Gasteiger partial charge is 0.399 e. The van der Waals surface area contributed by atoms with Gasteiger partial charge in [0.15, 0.2) is 5.82 Å². The molecule has 1 heterocycles. The van der Waals surface area contributed by atoms with Gasteiger partial charge in [0.05, 0.1) is 0 Å². The molecule has 0 unspecified atom stereocenters. The SMILES string of the molecule is COn1ncnc1C. The maximum Gasteiger partial charge on any atom is 0.164 e. The van der Waals surface area contributed by atoms with Crippen molar-refractivity contribution in [3.63, 3.8) is 0 Å². The Labute approximate surface area is 47.1 Å². The molecule has 0 aromatic carbocycles. The van der Waals surface area contributed by atoms with Crippen LogP contribution in [0.25, 0.3) is 0 Å². The Hall–Kier alpha value is -1.06. The maximum absolute atomic E-state index is 4.73. The second kappa shape index (κ2) is 1.81. The molecule has 0 atom stereocenters. The Morgan fingerprint density at radius 1 is 1.75 bits per heavy atom. The van der Waals surface area contributed by atoms with Gasteiger partial charge in [0.25, 0.3) is 0 Å². The average Bonchev–Trinajstić information content (AvgIpc) is 2.14. The zero-order valence-corrected chi connectivity index (χ0v) is 4.83. The van der Waals surface area contributed by atoms with Crippen LogP contribution in [0.15, 0.2) is 6.33 Å². The number of aryl methyl sites for hydroxylation is 1. The van der Waals surface area contributed by atoms with Crippen molar-refractivity contribution in [2.45, 2.75) is 6.92 Å². The fourth-order valence-corrected chi connectivity index (χ4v) is 0.468. The van der Waals surface area contributed by atoms with E-state index >= 15 is 0 Å². The van der Waals surface area contributed by atoms with Crippen LogP contribution in [0.5, 0.6) is 0 Å². The molecule has 0 saturated heterocycles. The molecule has 0 bridgehead atoms. The smallest absolute Gasteiger partial charge is 0.164 e. The summed E-state index contributed by atoms with van der Waals surface area (Å²) in [5.74, 6) is 0.757. The van der Waals surface area contributed by atoms with Gasteiger partial charge in [-0.1, -0.05) is 4.85 Å². The monoisotopic (exact) mass is 113 g/mol. The van der Waals surface area contributed by atoms with Crippen LogP contribution in [-0.4, -0.2) is 22.0 Å². The van der Waals surface area contributed by atoms with Gasteiger partial charge in [-0.25, -0.2) is 4.98 Å². The molecular formula is C4H7N3O. The minimum atomic E-state index is 0.757. The molecule has 0 aliphatic rings. The van der Waals surface area contributed by atoms with Gasteiger partial charge in [-0.2, -0.15) is 0 Å². The predicted octanol–water partition coefficient (Wildman–Crippen LogP) is -0.355. The Bertz CT molecular complexity index is 172. The minimum absolute atomic E-state index is 0.757. The predicted molar refractivity (Wildman–Crippen MR) is 27.3 cm³/mol. The van der Waals surface area contributed by atoms with E-state index < -0.39 is 0 Å². The standard InChI is InChI=1S/C4H7N3O/c1-4-5-3-6-7(4)8-2/h3H,1-2H3. The number of nitrogens with zero attached hydrogens (tertiary/aromatic N) is 3. The van der Waals surface area contributed by atoms with Gasteiger partial charge in [-0.15, -0.1) is 5.10 Å². The van der Waals surface area contributed by atoms with Crippen LogP contribution in [0.4, 0.5) is 0 Å². The van der Waals surface area contributed by atoms with Gasteiger partial charge in [-0.3, -0.25) is 0 Å². The minimum Gasteiger partial charge on any atom is -0.399 e. The fraction of sp³-hybridized carbons (Fsp3) is 0.500. The van der Waals surface area contributed by atoms with Crippen LogP contribution in [0.1, 0.15) is 5.82 Å². The lowest BCUT2D eigenvalue weighted by molar-refractivity contribution is 0.127. The summed E-state index contributed by atoms with van der Waals surface area (Å²) in [5, 5.41) is 3.72. The summed E-state index contributed by atoms with van der Waals surface area (Å²) in [6, 6.07) is 0. The first-order chi connectivity index (χ1) is 3.84. The molecule has 0 aliphatic heterocycles. The highest BCUT2D eigenvalue weighted by Crippen LogP contribution is 1.83. The van der Waals surface area contributed by atoms with Gasteiger partial charge in [0.1, 0.15) is 13.4 Å². The van der Waals surface area contributed by atoms with Gasteiger partial charge in [0, 0.05) is 0 Å². The van der Waals surface area contributed by atoms with Gasteiger partial charge >= 0.3 is 0 Å². The first-order valence-electron chi connectivity index (χ1n) is 2.25. The first kappa shape index (κ1) is 5.08. The molecule has 0 radical (unpaired) electrons. The first-order valence-corrected chi connectivity index (χ1v) is 2.25. The quantitative estimate of drug-likeness (QED) is 0.499. The van der Waals surface area contributed by atoms with Gasteiger partial charge < -0.3 is 4.84 Å². The van der Waals surface area contributed by atoms with E-state index in [0.29, 0.717) is 0 Å². The van der Waals surface area contributed by atoms with Crippen LogP contribution in [0, 0.1) is 6.92 Å². The molecule has 4 heteroatoms. The normalized spacial score (nSPS) is 9.25. The van der Waals surface area contributed by atoms with Crippen LogP contribution in [0.3, 0.4) is 0 Å². The summed E-state index contributed by atoms with van der Waals surface area (Å²) in [5.41, 5.74) is 0. The zero-order valence-electron chi connectivity index (χ0n) is 4.83. The van der Waals surface area contributed by atoms with Crippen molar-refractivity contribution in [1.82, 2.24) is 14.9 Å². The molecule has 0 amide bonds. The van der Waals surface area contributed by atoms with Crippen molar-refractivity contribution in [3.05, 3.63) is 12.2 Å². The topological polar surface area (TPSA) is 39.9 Å². The molecule has 44 valence electrons. The maximum atomic E-state index is 4.73. The molecule has 1 aromatic rings. The van der Waals surface area contributed by atoms with Crippen LogP contribution < -0.4 is 4.84 Å². The van der Waals surface area contributed by atoms with E-state index in [0.717, 1.165) is 5.82 Å². The Balaban J connectivity index is 2.92. The average molecular weight is 113 g/mol. The third-order valence-corrected chi connectivity index (χ3v) is 0.851. The lowest BCUT2D eigenvalue weighted by atomic mass is 10.8. The summed E-state index contributed by atoms with van der Waals surface area (Å²) in [6.07, 6.45) is 1.44. The number of aromatic nitrogens is 3. The van der Waals surface area contributed by atoms with Crippen molar-refractivity contribution < 1.29 is 4.84 Å². The Kier molecular flexibility index (Phi) is 1.15. The molecular weight excluding hydrogens is 106 g/mol. The van der Waals surface area contributed by atoms with E-state index in [1.807, 2.05) is 6.92 Å². The molecule has 1 aromatic heterocycles. The number of rotatable bonds is 1. The third kappa shape index (κ3) is 0.641. The second-order valence-corrected chi connectivity index (χ2v) is 1.36. The van der Waals surface area contributed by atoms with E-state index in [1.54, 1.807) is 7.11 Å². The van der Waals surface area contributed by atoms with Crippen molar-refractivity contribution in [3.8, 4) is 0 Å². The summed E-state index contributed by atoms with van der Waals surface area (Å²) >= 11 is 0. The molecule has 0 saturated carbocycles. The van der Waals surface area contributed by atoms with E-state index in [2.05, 4.69) is 10.1 Å². The van der Waals surface area contributed by atoms with Crippen molar-refractivity contribution in [1.29, 1.82) is 0 Å². The lowest BCUT2D eigenvalue weighted by Crippen LogP contribution is -2.08. The van der Waals surface area contributed by atoms with E-state index in [9.17, 15) is 0 Å². The van der Waals surface area contributed by atoms with E-state index in [-0.39, 0.29) is 0 Å². The summed E-state index contributed by atoms with van der Waals surface area (Å²) in [4.78, 5) is 9.89. The molecule has 4 nitrogen and oxygen atoms in total. The van der Waals surface area contributed by atoms with Gasteiger partial charge in [0.2, 0.25) is 0 Å². The fourth-order valence-electron chi connectivity index (χ4n) is 0.468. The summed E-state index contributed by atoms with van der Waals surface area (Å²) in [7, 11) is 1.54. The molecule has 0 fully saturated rings. The molecule has 1 rings (SSSR count). The highest BCUT2D eigenvalue weighted by Gasteiger charge is 1.91.